The first-order chi connectivity index (χ1) is 16.6. The highest BCUT2D eigenvalue weighted by Crippen LogP contribution is 2.25. The van der Waals surface area contributed by atoms with Gasteiger partial charge in [0.2, 0.25) is 5.91 Å². The number of anilines is 1. The minimum Gasteiger partial charge on any atom is -0.494 e. The molecule has 0 aliphatic carbocycles. The number of nitrogens with zero attached hydrogens (tertiary/aromatic N) is 5. The summed E-state index contributed by atoms with van der Waals surface area (Å²) in [7, 11) is 2.03. The van der Waals surface area contributed by atoms with Crippen molar-refractivity contribution in [3.63, 3.8) is 0 Å². The summed E-state index contributed by atoms with van der Waals surface area (Å²) < 4.78 is 7.62. The number of hydrogen-bond donors (Lipinski definition) is 0. The lowest BCUT2D eigenvalue weighted by Gasteiger charge is -2.35. The van der Waals surface area contributed by atoms with Gasteiger partial charge in [-0.3, -0.25) is 4.79 Å². The molecular formula is C27H29N5O2. The Morgan fingerprint density at radius 2 is 1.76 bits per heavy atom. The van der Waals surface area contributed by atoms with Crippen molar-refractivity contribution in [2.24, 2.45) is 7.05 Å². The number of aryl methyl sites for hydroxylation is 1. The molecule has 1 aliphatic heterocycles. The van der Waals surface area contributed by atoms with Crippen molar-refractivity contribution in [3.8, 4) is 17.0 Å². The second kappa shape index (κ2) is 9.55. The molecule has 3 heterocycles. The van der Waals surface area contributed by atoms with Crippen molar-refractivity contribution < 1.29 is 9.53 Å². The predicted molar refractivity (Wildman–Crippen MR) is 134 cm³/mol. The smallest absolute Gasteiger partial charge is 0.227 e. The van der Waals surface area contributed by atoms with Crippen molar-refractivity contribution in [1.82, 2.24) is 19.4 Å². The molecule has 0 saturated carbocycles. The normalized spacial score (nSPS) is 13.9. The van der Waals surface area contributed by atoms with E-state index in [0.29, 0.717) is 26.1 Å². The van der Waals surface area contributed by atoms with Crippen LogP contribution in [-0.4, -0.2) is 58.1 Å². The molecule has 0 radical (unpaired) electrons. The van der Waals surface area contributed by atoms with Crippen LogP contribution in [-0.2, 0) is 18.3 Å². The second-order valence-corrected chi connectivity index (χ2v) is 8.55. The van der Waals surface area contributed by atoms with E-state index in [2.05, 4.69) is 37.8 Å². The van der Waals surface area contributed by atoms with Gasteiger partial charge in [0.05, 0.1) is 18.7 Å². The fraction of sp³-hybridized carbons (Fsp3) is 0.296. The third-order valence-electron chi connectivity index (χ3n) is 6.39. The van der Waals surface area contributed by atoms with Crippen molar-refractivity contribution in [2.45, 2.75) is 13.3 Å². The number of benzene rings is 2. The average Bonchev–Trinajstić information content (AvgIpc) is 3.20. The number of carbonyl (C=O) groups is 1. The summed E-state index contributed by atoms with van der Waals surface area (Å²) >= 11 is 0. The molecule has 5 rings (SSSR count). The van der Waals surface area contributed by atoms with Crippen LogP contribution in [0.2, 0.25) is 0 Å². The van der Waals surface area contributed by atoms with Crippen LogP contribution in [0.5, 0.6) is 5.75 Å². The van der Waals surface area contributed by atoms with E-state index in [1.54, 1.807) is 6.33 Å². The van der Waals surface area contributed by atoms with Gasteiger partial charge in [0.15, 0.2) is 0 Å². The van der Waals surface area contributed by atoms with E-state index in [1.807, 2.05) is 61.3 Å². The Balaban J connectivity index is 1.23. The highest BCUT2D eigenvalue weighted by Gasteiger charge is 2.23. The zero-order valence-electron chi connectivity index (χ0n) is 19.6. The first-order valence-electron chi connectivity index (χ1n) is 11.7. The number of rotatable bonds is 6. The molecule has 0 atom stereocenters. The fourth-order valence-electron chi connectivity index (χ4n) is 4.59. The van der Waals surface area contributed by atoms with Gasteiger partial charge in [0, 0.05) is 62.0 Å². The van der Waals surface area contributed by atoms with Crippen molar-refractivity contribution in [2.75, 3.05) is 37.7 Å². The Morgan fingerprint density at radius 1 is 1.00 bits per heavy atom. The van der Waals surface area contributed by atoms with Crippen LogP contribution in [0.25, 0.3) is 22.2 Å². The summed E-state index contributed by atoms with van der Waals surface area (Å²) in [6.07, 6.45) is 4.11. The molecule has 1 amide bonds. The largest absolute Gasteiger partial charge is 0.494 e. The number of hydrogen-bond acceptors (Lipinski definition) is 5. The molecule has 0 N–H and O–H groups in total. The van der Waals surface area contributed by atoms with Crippen LogP contribution in [0.1, 0.15) is 12.5 Å². The van der Waals surface area contributed by atoms with Gasteiger partial charge in [-0.15, -0.1) is 0 Å². The van der Waals surface area contributed by atoms with E-state index in [-0.39, 0.29) is 5.91 Å². The first kappa shape index (κ1) is 21.9. The summed E-state index contributed by atoms with van der Waals surface area (Å²) in [5, 5.41) is 1.15. The summed E-state index contributed by atoms with van der Waals surface area (Å²) in [6.45, 7) is 5.50. The van der Waals surface area contributed by atoms with Gasteiger partial charge in [-0.25, -0.2) is 9.97 Å². The van der Waals surface area contributed by atoms with Gasteiger partial charge in [0.1, 0.15) is 17.9 Å². The molecule has 34 heavy (non-hydrogen) atoms. The maximum Gasteiger partial charge on any atom is 0.227 e. The Hall–Kier alpha value is -3.87. The number of carbonyl (C=O) groups excluding carboxylic acids is 1. The lowest BCUT2D eigenvalue weighted by atomic mass is 10.1. The third kappa shape index (κ3) is 4.46. The van der Waals surface area contributed by atoms with Crippen LogP contribution in [0, 0.1) is 0 Å². The molecule has 4 aromatic rings. The molecule has 0 bridgehead atoms. The van der Waals surface area contributed by atoms with E-state index in [1.165, 1.54) is 0 Å². The molecule has 2 aromatic heterocycles. The monoisotopic (exact) mass is 455 g/mol. The van der Waals surface area contributed by atoms with Crippen LogP contribution < -0.4 is 9.64 Å². The minimum absolute atomic E-state index is 0.175. The Labute approximate surface area is 199 Å². The van der Waals surface area contributed by atoms with E-state index >= 15 is 0 Å². The molecule has 1 aliphatic rings. The van der Waals surface area contributed by atoms with Gasteiger partial charge in [-0.2, -0.15) is 0 Å². The van der Waals surface area contributed by atoms with Gasteiger partial charge >= 0.3 is 0 Å². The maximum atomic E-state index is 13.0. The summed E-state index contributed by atoms with van der Waals surface area (Å²) in [6, 6.07) is 18.2. The van der Waals surface area contributed by atoms with E-state index < -0.39 is 0 Å². The van der Waals surface area contributed by atoms with Gasteiger partial charge in [-0.1, -0.05) is 18.2 Å². The van der Waals surface area contributed by atoms with Crippen LogP contribution in [0.3, 0.4) is 0 Å². The van der Waals surface area contributed by atoms with Crippen LogP contribution in [0.4, 0.5) is 5.82 Å². The maximum absolute atomic E-state index is 13.0. The zero-order chi connectivity index (χ0) is 23.5. The number of aromatic nitrogens is 3. The van der Waals surface area contributed by atoms with Gasteiger partial charge in [-0.05, 0) is 42.8 Å². The Kier molecular flexibility index (Phi) is 6.16. The highest BCUT2D eigenvalue weighted by molar-refractivity contribution is 5.89. The molecule has 7 nitrogen and oxygen atoms in total. The van der Waals surface area contributed by atoms with Gasteiger partial charge < -0.3 is 19.1 Å². The number of para-hydroxylation sites is 1. The van der Waals surface area contributed by atoms with Crippen LogP contribution >= 0.6 is 0 Å². The fourth-order valence-corrected chi connectivity index (χ4v) is 4.59. The van der Waals surface area contributed by atoms with Crippen molar-refractivity contribution in [3.05, 3.63) is 72.7 Å². The molecule has 174 valence electrons. The van der Waals surface area contributed by atoms with Crippen molar-refractivity contribution >= 4 is 22.6 Å². The average molecular weight is 456 g/mol. The van der Waals surface area contributed by atoms with Crippen LogP contribution in [0.15, 0.2) is 67.1 Å². The molecule has 0 spiro atoms. The summed E-state index contributed by atoms with van der Waals surface area (Å²) in [5.41, 5.74) is 4.14. The standard InChI is InChI=1S/C27H29N5O2/c1-3-34-22-10-8-20(9-11-22)24-17-26(29-19-28-24)31-12-14-32(15-13-31)27(33)16-21-18-30(2)25-7-5-4-6-23(21)25/h4-11,17-19H,3,12-16H2,1-2H3. The lowest BCUT2D eigenvalue weighted by molar-refractivity contribution is -0.130. The highest BCUT2D eigenvalue weighted by atomic mass is 16.5. The zero-order valence-corrected chi connectivity index (χ0v) is 19.6. The second-order valence-electron chi connectivity index (χ2n) is 8.55. The molecule has 2 aromatic carbocycles. The van der Waals surface area contributed by atoms with Crippen molar-refractivity contribution in [1.29, 1.82) is 0 Å². The summed E-state index contributed by atoms with van der Waals surface area (Å²) in [5.74, 6) is 1.92. The number of amides is 1. The minimum atomic E-state index is 0.175. The Morgan fingerprint density at radius 3 is 2.53 bits per heavy atom. The SMILES string of the molecule is CCOc1ccc(-c2cc(N3CCN(C(=O)Cc4cn(C)c5ccccc45)CC3)ncn2)cc1. The molecule has 1 saturated heterocycles. The third-order valence-corrected chi connectivity index (χ3v) is 6.39. The number of piperazine rings is 1. The molecule has 0 unspecified atom stereocenters. The van der Waals surface area contributed by atoms with E-state index in [4.69, 9.17) is 4.74 Å². The van der Waals surface area contributed by atoms with E-state index in [0.717, 1.165) is 52.4 Å². The Bertz CT molecular complexity index is 1290. The quantitative estimate of drug-likeness (QED) is 0.441. The first-order valence-corrected chi connectivity index (χ1v) is 11.7. The topological polar surface area (TPSA) is 63.5 Å². The summed E-state index contributed by atoms with van der Waals surface area (Å²) in [4.78, 5) is 26.2. The lowest BCUT2D eigenvalue weighted by Crippen LogP contribution is -2.49. The number of fused-ring (bicyclic) bond motifs is 1. The molecular weight excluding hydrogens is 426 g/mol. The molecule has 1 fully saturated rings. The predicted octanol–water partition coefficient (Wildman–Crippen LogP) is 3.93. The number of ether oxygens (including phenoxy) is 1. The molecule has 7 heteroatoms. The van der Waals surface area contributed by atoms with Gasteiger partial charge in [0.25, 0.3) is 0 Å². The van der Waals surface area contributed by atoms with E-state index in [9.17, 15) is 4.79 Å².